The number of nitrogens with one attached hydrogen (secondary N) is 1. The number of carbonyl (C=O) groups excluding carboxylic acids is 5. The molecule has 3 rings (SSSR count). The maximum absolute atomic E-state index is 11.8. The van der Waals surface area contributed by atoms with Gasteiger partial charge in [0, 0.05) is 0 Å². The third-order valence-electron chi connectivity index (χ3n) is 10.8. The highest BCUT2D eigenvalue weighted by Crippen LogP contribution is 2.39. The van der Waals surface area contributed by atoms with Crippen LogP contribution >= 0.6 is 0 Å². The molecule has 15 heteroatoms. The molecule has 0 aromatic carbocycles. The van der Waals surface area contributed by atoms with Gasteiger partial charge < -0.3 is 38.8 Å². The number of nitrogens with zero attached hydrogens (tertiary/aromatic N) is 1. The van der Waals surface area contributed by atoms with Gasteiger partial charge in [-0.2, -0.15) is 0 Å². The number of oxime groups is 1. The van der Waals surface area contributed by atoms with Crippen LogP contribution in [0.2, 0.25) is 0 Å². The summed E-state index contributed by atoms with van der Waals surface area (Å²) in [5.74, 6) is -0.186. The first-order chi connectivity index (χ1) is 27.0. The predicted octanol–water partition coefficient (Wildman–Crippen LogP) is 7.33. The summed E-state index contributed by atoms with van der Waals surface area (Å²) in [7, 11) is 0. The Morgan fingerprint density at radius 2 is 1.12 bits per heavy atom. The van der Waals surface area contributed by atoms with Crippen LogP contribution in [-0.2, 0) is 52.4 Å². The van der Waals surface area contributed by atoms with E-state index in [-0.39, 0.29) is 67.2 Å². The lowest BCUT2D eigenvalue weighted by Gasteiger charge is -2.24. The number of fused-ring (bicyclic) bond motifs is 1. The Labute approximate surface area is 348 Å². The van der Waals surface area contributed by atoms with Gasteiger partial charge in [-0.1, -0.05) is 39.8 Å². The van der Waals surface area contributed by atoms with Gasteiger partial charge in [-0.15, -0.1) is 0 Å². The van der Waals surface area contributed by atoms with E-state index >= 15 is 0 Å². The first kappa shape index (κ1) is 54.7. The van der Waals surface area contributed by atoms with Crippen LogP contribution in [0.3, 0.4) is 0 Å². The fourth-order valence-electron chi connectivity index (χ4n) is 4.17. The van der Waals surface area contributed by atoms with Crippen molar-refractivity contribution in [3.8, 4) is 0 Å². The van der Waals surface area contributed by atoms with Gasteiger partial charge in [-0.3, -0.25) is 24.0 Å². The Morgan fingerprint density at radius 3 is 1.53 bits per heavy atom. The standard InChI is InChI=1S/C13H24N2O4.C13H22O3.C9H16O3.C8H16O3/c1-6-10(3)15-19-12(17)14-8-9-18-11(16)13(4,5)7-2;1-4-13(2,3)12(14)15-8-9-5-6-10-11(7-9)16-10;1-4-9(2,3)8(10)12-6-7-5-11-7;1-4-8(2,3)7(10)11-6-5-9/h6-9H2,1-5H3,(H,14,17);9-11H,4-8H2,1-3H3;7H,4-6H2,1-3H3;9H,4-6H2,1-3H3/b15-10+;;;. The summed E-state index contributed by atoms with van der Waals surface area (Å²) in [6.07, 6.45) is 7.66. The van der Waals surface area contributed by atoms with Crippen LogP contribution in [0.25, 0.3) is 0 Å². The molecule has 2 aliphatic heterocycles. The molecule has 0 spiro atoms. The molecule has 3 aliphatic rings. The Kier molecular flexibility index (Phi) is 25.2. The summed E-state index contributed by atoms with van der Waals surface area (Å²) in [6, 6.07) is 0. The third kappa shape index (κ3) is 22.7. The van der Waals surface area contributed by atoms with Crippen molar-refractivity contribution in [1.82, 2.24) is 5.32 Å². The van der Waals surface area contributed by atoms with Gasteiger partial charge in [0.25, 0.3) is 0 Å². The zero-order chi connectivity index (χ0) is 44.7. The van der Waals surface area contributed by atoms with Crippen molar-refractivity contribution in [1.29, 1.82) is 0 Å². The van der Waals surface area contributed by atoms with Crippen LogP contribution in [0.1, 0.15) is 148 Å². The van der Waals surface area contributed by atoms with Crippen LogP contribution < -0.4 is 5.32 Å². The largest absolute Gasteiger partial charge is 0.465 e. The monoisotopic (exact) mass is 831 g/mol. The molecular formula is C43H78N2O13. The van der Waals surface area contributed by atoms with Gasteiger partial charge in [0.2, 0.25) is 0 Å². The summed E-state index contributed by atoms with van der Waals surface area (Å²) < 4.78 is 30.7. The Morgan fingerprint density at radius 1 is 0.672 bits per heavy atom. The number of hydrogen-bond acceptors (Lipinski definition) is 14. The van der Waals surface area contributed by atoms with E-state index in [2.05, 4.69) is 15.3 Å². The maximum atomic E-state index is 11.8. The molecule has 58 heavy (non-hydrogen) atoms. The van der Waals surface area contributed by atoms with Crippen LogP contribution in [0, 0.1) is 27.6 Å². The number of esters is 4. The lowest BCUT2D eigenvalue weighted by molar-refractivity contribution is -0.156. The van der Waals surface area contributed by atoms with Crippen LogP contribution in [-0.4, -0.2) is 105 Å². The molecule has 338 valence electrons. The maximum Gasteiger partial charge on any atom is 0.433 e. The predicted molar refractivity (Wildman–Crippen MR) is 221 cm³/mol. The number of rotatable bonds is 19. The van der Waals surface area contributed by atoms with E-state index in [9.17, 15) is 24.0 Å². The van der Waals surface area contributed by atoms with E-state index in [0.717, 1.165) is 57.3 Å². The highest BCUT2D eigenvalue weighted by molar-refractivity contribution is 5.82. The van der Waals surface area contributed by atoms with Gasteiger partial charge in [-0.25, -0.2) is 4.79 Å². The molecule has 1 saturated carbocycles. The van der Waals surface area contributed by atoms with Crippen molar-refractivity contribution >= 4 is 35.7 Å². The first-order valence-electron chi connectivity index (χ1n) is 21.0. The fraction of sp³-hybridized carbons (Fsp3) is 0.860. The minimum atomic E-state index is -0.654. The number of aliphatic hydroxyl groups excluding tert-OH is 1. The van der Waals surface area contributed by atoms with Crippen molar-refractivity contribution in [3.63, 3.8) is 0 Å². The second kappa shape index (κ2) is 26.7. The molecule has 0 bridgehead atoms. The molecule has 1 aliphatic carbocycles. The SMILES string of the molecule is CC/C(C)=N/OC(=O)NCCOC(=O)C(C)(C)CC.CCC(C)(C)C(=O)OCC1CCC2OC2C1.CCC(C)(C)C(=O)OCC1CO1.CCC(C)(C)C(=O)OCCO. The van der Waals surface area contributed by atoms with Gasteiger partial charge in [0.05, 0.1) is 65.9 Å². The van der Waals surface area contributed by atoms with Crippen molar-refractivity contribution in [2.24, 2.45) is 32.7 Å². The van der Waals surface area contributed by atoms with Gasteiger partial charge in [-0.05, 0) is 120 Å². The van der Waals surface area contributed by atoms with Crippen LogP contribution in [0.5, 0.6) is 0 Å². The van der Waals surface area contributed by atoms with Gasteiger partial charge in [0.15, 0.2) is 0 Å². The number of epoxide rings is 2. The zero-order valence-corrected chi connectivity index (χ0v) is 38.2. The fourth-order valence-corrected chi connectivity index (χ4v) is 4.17. The molecule has 3 fully saturated rings. The van der Waals surface area contributed by atoms with E-state index in [1.54, 1.807) is 6.92 Å². The van der Waals surface area contributed by atoms with Crippen LogP contribution in [0.4, 0.5) is 4.79 Å². The van der Waals surface area contributed by atoms with E-state index in [0.29, 0.717) is 37.8 Å². The zero-order valence-electron chi connectivity index (χ0n) is 38.2. The number of ether oxygens (including phenoxy) is 6. The normalized spacial score (nSPS) is 19.7. The van der Waals surface area contributed by atoms with E-state index in [1.165, 1.54) is 0 Å². The smallest absolute Gasteiger partial charge is 0.433 e. The van der Waals surface area contributed by atoms with E-state index < -0.39 is 16.9 Å². The number of hydrogen-bond donors (Lipinski definition) is 2. The molecular weight excluding hydrogens is 752 g/mol. The molecule has 0 aromatic heterocycles. The highest BCUT2D eigenvalue weighted by Gasteiger charge is 2.44. The molecule has 0 aromatic rings. The molecule has 4 unspecified atom stereocenters. The van der Waals surface area contributed by atoms with Crippen molar-refractivity contribution in [2.45, 2.75) is 167 Å². The molecule has 2 saturated heterocycles. The topological polar surface area (TPSA) is 201 Å². The molecule has 1 amide bonds. The lowest BCUT2D eigenvalue weighted by atomic mass is 9.89. The van der Waals surface area contributed by atoms with Crippen molar-refractivity contribution < 1.29 is 62.3 Å². The molecule has 15 nitrogen and oxygen atoms in total. The minimum absolute atomic E-state index is 0.0613. The van der Waals surface area contributed by atoms with Gasteiger partial charge in [0.1, 0.15) is 25.9 Å². The second-order valence-electron chi connectivity index (χ2n) is 17.5. The average molecular weight is 831 g/mol. The second-order valence-corrected chi connectivity index (χ2v) is 17.5. The van der Waals surface area contributed by atoms with Crippen molar-refractivity contribution in [2.75, 3.05) is 46.2 Å². The Hall–Kier alpha value is -3.30. The van der Waals surface area contributed by atoms with Crippen LogP contribution in [0.15, 0.2) is 5.16 Å². The van der Waals surface area contributed by atoms with E-state index in [4.69, 9.17) is 33.5 Å². The highest BCUT2D eigenvalue weighted by atomic mass is 16.7. The summed E-state index contributed by atoms with van der Waals surface area (Å²) in [4.78, 5) is 61.6. The number of carbonyl (C=O) groups is 5. The first-order valence-corrected chi connectivity index (χ1v) is 21.0. The summed E-state index contributed by atoms with van der Waals surface area (Å²) in [5.41, 5.74) is -0.883. The quantitative estimate of drug-likeness (QED) is 0.0249. The number of amides is 1. The summed E-state index contributed by atoms with van der Waals surface area (Å²) in [6.45, 7) is 28.5. The molecule has 2 N–H and O–H groups in total. The summed E-state index contributed by atoms with van der Waals surface area (Å²) >= 11 is 0. The molecule has 0 radical (unpaired) electrons. The number of aliphatic hydroxyl groups is 1. The average Bonchev–Trinajstić information content (AvgIpc) is 4.15. The molecule has 2 heterocycles. The Bertz CT molecular complexity index is 1290. The minimum Gasteiger partial charge on any atom is -0.465 e. The third-order valence-corrected chi connectivity index (χ3v) is 10.8. The molecule has 4 atom stereocenters. The van der Waals surface area contributed by atoms with Gasteiger partial charge >= 0.3 is 30.0 Å². The lowest BCUT2D eigenvalue weighted by Crippen LogP contribution is -2.31. The summed E-state index contributed by atoms with van der Waals surface area (Å²) in [5, 5.41) is 14.4. The van der Waals surface area contributed by atoms with Crippen molar-refractivity contribution in [3.05, 3.63) is 0 Å². The Balaban J connectivity index is 0.000000764. The van der Waals surface area contributed by atoms with E-state index in [1.807, 2.05) is 90.0 Å².